The molecule has 168 valence electrons. The van der Waals surface area contributed by atoms with Crippen molar-refractivity contribution in [3.8, 4) is 11.5 Å². The van der Waals surface area contributed by atoms with Crippen molar-refractivity contribution in [1.29, 1.82) is 0 Å². The van der Waals surface area contributed by atoms with Crippen molar-refractivity contribution >= 4 is 11.9 Å². The van der Waals surface area contributed by atoms with Crippen LogP contribution < -0.4 is 9.47 Å². The average Bonchev–Trinajstić information content (AvgIpc) is 2.80. The third kappa shape index (κ3) is 4.51. The molecule has 32 heavy (non-hydrogen) atoms. The van der Waals surface area contributed by atoms with Crippen molar-refractivity contribution < 1.29 is 28.2 Å². The highest BCUT2D eigenvalue weighted by atomic mass is 19.1. The molecule has 0 spiro atoms. The molecule has 0 aromatic heterocycles. The fourth-order valence-electron chi connectivity index (χ4n) is 3.93. The van der Waals surface area contributed by atoms with Gasteiger partial charge >= 0.3 is 5.97 Å². The molecule has 3 rings (SSSR count). The number of rotatable bonds is 8. The smallest absolute Gasteiger partial charge is 0.336 e. The fraction of sp³-hybridized carbons (Fsp3) is 0.280. The third-order valence-corrected chi connectivity index (χ3v) is 5.47. The van der Waals surface area contributed by atoms with Gasteiger partial charge in [0, 0.05) is 29.2 Å². The molecule has 2 aromatic carbocycles. The van der Waals surface area contributed by atoms with Gasteiger partial charge in [0.2, 0.25) is 5.91 Å². The van der Waals surface area contributed by atoms with E-state index in [1.807, 2.05) is 0 Å². The van der Waals surface area contributed by atoms with Crippen molar-refractivity contribution in [2.24, 2.45) is 0 Å². The summed E-state index contributed by atoms with van der Waals surface area (Å²) in [6.45, 7) is 5.29. The van der Waals surface area contributed by atoms with Gasteiger partial charge in [-0.25, -0.2) is 9.18 Å². The molecule has 1 atom stereocenters. The molecule has 1 amide bonds. The molecule has 1 aliphatic heterocycles. The summed E-state index contributed by atoms with van der Waals surface area (Å²) in [4.78, 5) is 27.7. The molecule has 1 unspecified atom stereocenters. The SMILES string of the molecule is C=CCOC(=O)C1=C(C)N(Cc2ccccc2F)C(=O)CC1c1cccc(OC)c1OC. The Bertz CT molecular complexity index is 1060. The number of para-hydroxylation sites is 1. The quantitative estimate of drug-likeness (QED) is 0.452. The van der Waals surface area contributed by atoms with Crippen molar-refractivity contribution in [2.75, 3.05) is 20.8 Å². The molecule has 0 bridgehead atoms. The van der Waals surface area contributed by atoms with E-state index in [1.54, 1.807) is 43.3 Å². The molecule has 1 aliphatic rings. The molecule has 7 heteroatoms. The van der Waals surface area contributed by atoms with E-state index in [0.29, 0.717) is 33.9 Å². The van der Waals surface area contributed by atoms with Gasteiger partial charge < -0.3 is 19.1 Å². The number of hydrogen-bond acceptors (Lipinski definition) is 5. The molecule has 0 N–H and O–H groups in total. The van der Waals surface area contributed by atoms with E-state index < -0.39 is 17.7 Å². The zero-order chi connectivity index (χ0) is 23.3. The first-order valence-corrected chi connectivity index (χ1v) is 10.2. The van der Waals surface area contributed by atoms with Gasteiger partial charge in [-0.3, -0.25) is 4.79 Å². The highest BCUT2D eigenvalue weighted by molar-refractivity contribution is 5.96. The van der Waals surface area contributed by atoms with Crippen LogP contribution >= 0.6 is 0 Å². The summed E-state index contributed by atoms with van der Waals surface area (Å²) < 4.78 is 30.5. The van der Waals surface area contributed by atoms with Crippen LogP contribution in [0, 0.1) is 5.82 Å². The lowest BCUT2D eigenvalue weighted by Gasteiger charge is -2.35. The molecular weight excluding hydrogens is 413 g/mol. The highest BCUT2D eigenvalue weighted by Gasteiger charge is 2.38. The summed E-state index contributed by atoms with van der Waals surface area (Å²) in [6, 6.07) is 11.5. The number of nitrogens with zero attached hydrogens (tertiary/aromatic N) is 1. The third-order valence-electron chi connectivity index (χ3n) is 5.47. The Morgan fingerprint density at radius 3 is 2.59 bits per heavy atom. The first-order chi connectivity index (χ1) is 15.4. The largest absolute Gasteiger partial charge is 0.493 e. The van der Waals surface area contributed by atoms with Crippen molar-refractivity contribution in [3.63, 3.8) is 0 Å². The Labute approximate surface area is 186 Å². The van der Waals surface area contributed by atoms with Crippen LogP contribution in [0.4, 0.5) is 4.39 Å². The van der Waals surface area contributed by atoms with Gasteiger partial charge in [-0.1, -0.05) is 43.0 Å². The van der Waals surface area contributed by atoms with Gasteiger partial charge in [0.25, 0.3) is 0 Å². The Morgan fingerprint density at radius 2 is 1.94 bits per heavy atom. The van der Waals surface area contributed by atoms with E-state index >= 15 is 0 Å². The predicted octanol–water partition coefficient (Wildman–Crippen LogP) is 4.36. The minimum Gasteiger partial charge on any atom is -0.493 e. The molecule has 1 heterocycles. The number of benzene rings is 2. The van der Waals surface area contributed by atoms with Crippen molar-refractivity contribution in [3.05, 3.63) is 83.3 Å². The number of amides is 1. The maximum absolute atomic E-state index is 14.3. The Kier molecular flexibility index (Phi) is 7.30. The number of carbonyl (C=O) groups is 2. The minimum absolute atomic E-state index is 0.00611. The van der Waals surface area contributed by atoms with Crippen molar-refractivity contribution in [1.82, 2.24) is 4.90 Å². The number of esters is 1. The van der Waals surface area contributed by atoms with Crippen LogP contribution in [0.15, 0.2) is 66.4 Å². The highest BCUT2D eigenvalue weighted by Crippen LogP contribution is 2.44. The maximum atomic E-state index is 14.3. The van der Waals surface area contributed by atoms with Crippen LogP contribution in [-0.4, -0.2) is 37.6 Å². The van der Waals surface area contributed by atoms with Gasteiger partial charge in [0.05, 0.1) is 26.3 Å². The van der Waals surface area contributed by atoms with Crippen LogP contribution in [0.5, 0.6) is 11.5 Å². The van der Waals surface area contributed by atoms with Crippen LogP contribution in [0.3, 0.4) is 0 Å². The van der Waals surface area contributed by atoms with E-state index in [4.69, 9.17) is 14.2 Å². The van der Waals surface area contributed by atoms with E-state index in [-0.39, 0.29) is 25.5 Å². The number of hydrogen-bond donors (Lipinski definition) is 0. The minimum atomic E-state index is -0.610. The van der Waals surface area contributed by atoms with Gasteiger partial charge in [0.15, 0.2) is 11.5 Å². The number of allylic oxidation sites excluding steroid dienone is 1. The molecule has 0 radical (unpaired) electrons. The predicted molar refractivity (Wildman–Crippen MR) is 118 cm³/mol. The monoisotopic (exact) mass is 439 g/mol. The molecule has 6 nitrogen and oxygen atoms in total. The van der Waals surface area contributed by atoms with Crippen LogP contribution in [-0.2, 0) is 20.9 Å². The van der Waals surface area contributed by atoms with Gasteiger partial charge in [-0.2, -0.15) is 0 Å². The first kappa shape index (κ1) is 23.1. The molecular formula is C25H26FNO5. The maximum Gasteiger partial charge on any atom is 0.336 e. The number of halogens is 1. The van der Waals surface area contributed by atoms with E-state index in [9.17, 15) is 14.0 Å². The van der Waals surface area contributed by atoms with Crippen LogP contribution in [0.2, 0.25) is 0 Å². The van der Waals surface area contributed by atoms with Gasteiger partial charge in [0.1, 0.15) is 12.4 Å². The zero-order valence-corrected chi connectivity index (χ0v) is 18.4. The van der Waals surface area contributed by atoms with E-state index in [2.05, 4.69) is 6.58 Å². The van der Waals surface area contributed by atoms with Gasteiger partial charge in [-0.05, 0) is 19.1 Å². The lowest BCUT2D eigenvalue weighted by molar-refractivity contribution is -0.139. The summed E-state index contributed by atoms with van der Waals surface area (Å²) in [5.74, 6) is -0.897. The summed E-state index contributed by atoms with van der Waals surface area (Å²) >= 11 is 0. The topological polar surface area (TPSA) is 65.1 Å². The normalized spacial score (nSPS) is 16.1. The Balaban J connectivity index is 2.12. The lowest BCUT2D eigenvalue weighted by Crippen LogP contribution is -2.38. The second-order valence-corrected chi connectivity index (χ2v) is 7.30. The Hall–Kier alpha value is -3.61. The summed E-state index contributed by atoms with van der Waals surface area (Å²) in [5, 5.41) is 0. The van der Waals surface area contributed by atoms with Crippen LogP contribution in [0.1, 0.15) is 30.4 Å². The standard InChI is InChI=1S/C25H26FNO5/c1-5-13-32-25(29)23-16(2)27(15-17-9-6-7-11-20(17)26)22(28)14-19(23)18-10-8-12-21(30-3)24(18)31-4/h5-12,19H,1,13-15H2,2-4H3. The van der Waals surface area contributed by atoms with Crippen LogP contribution in [0.25, 0.3) is 0 Å². The first-order valence-electron chi connectivity index (χ1n) is 10.2. The van der Waals surface area contributed by atoms with Crippen molar-refractivity contribution in [2.45, 2.75) is 25.8 Å². The average molecular weight is 439 g/mol. The zero-order valence-electron chi connectivity index (χ0n) is 18.4. The number of carbonyl (C=O) groups excluding carboxylic acids is 2. The molecule has 0 fully saturated rings. The molecule has 2 aromatic rings. The van der Waals surface area contributed by atoms with E-state index in [1.165, 1.54) is 31.3 Å². The molecule has 0 aliphatic carbocycles. The number of methoxy groups -OCH3 is 2. The second kappa shape index (κ2) is 10.1. The second-order valence-electron chi connectivity index (χ2n) is 7.30. The summed E-state index contributed by atoms with van der Waals surface area (Å²) in [7, 11) is 3.02. The van der Waals surface area contributed by atoms with E-state index in [0.717, 1.165) is 0 Å². The summed E-state index contributed by atoms with van der Waals surface area (Å²) in [6.07, 6.45) is 1.47. The fourth-order valence-corrected chi connectivity index (χ4v) is 3.93. The lowest BCUT2D eigenvalue weighted by atomic mass is 9.83. The number of ether oxygens (including phenoxy) is 3. The summed E-state index contributed by atoms with van der Waals surface area (Å²) in [5.41, 5.74) is 1.72. The Morgan fingerprint density at radius 1 is 1.19 bits per heavy atom. The molecule has 0 saturated carbocycles. The molecule has 0 saturated heterocycles. The van der Waals surface area contributed by atoms with Gasteiger partial charge in [-0.15, -0.1) is 0 Å².